The van der Waals surface area contributed by atoms with Crippen molar-refractivity contribution in [2.24, 2.45) is 0 Å². The number of hydrogen-bond donors (Lipinski definition) is 2. The standard InChI is InChI=1S/C12H14O3Si2/c13-9-5-1-3-7-11(9)16-15-17-12-8-4-2-6-10(12)14/h1-8,13-14H,16-17H2. The van der Waals surface area contributed by atoms with Crippen LogP contribution in [0.4, 0.5) is 0 Å². The van der Waals surface area contributed by atoms with Crippen LogP contribution in [0.1, 0.15) is 0 Å². The van der Waals surface area contributed by atoms with Gasteiger partial charge in [0.15, 0.2) is 19.5 Å². The van der Waals surface area contributed by atoms with Crippen molar-refractivity contribution < 1.29 is 14.3 Å². The third kappa shape index (κ3) is 3.19. The zero-order valence-corrected chi connectivity index (χ0v) is 12.2. The fourth-order valence-electron chi connectivity index (χ4n) is 1.54. The van der Waals surface area contributed by atoms with Crippen molar-refractivity contribution in [3.8, 4) is 11.5 Å². The molecule has 17 heavy (non-hydrogen) atoms. The predicted octanol–water partition coefficient (Wildman–Crippen LogP) is -0.767. The molecule has 0 unspecified atom stereocenters. The van der Waals surface area contributed by atoms with Gasteiger partial charge in [-0.15, -0.1) is 0 Å². The first-order chi connectivity index (χ1) is 8.27. The van der Waals surface area contributed by atoms with E-state index >= 15 is 0 Å². The lowest BCUT2D eigenvalue weighted by molar-refractivity contribution is 0.478. The zero-order chi connectivity index (χ0) is 12.1. The molecule has 2 N–H and O–H groups in total. The molecule has 2 rings (SSSR count). The maximum atomic E-state index is 9.58. The van der Waals surface area contributed by atoms with E-state index in [2.05, 4.69) is 0 Å². The number of phenolic OH excluding ortho intramolecular Hbond substituents is 2. The predicted molar refractivity (Wildman–Crippen MR) is 73.7 cm³/mol. The molecule has 2 aromatic rings. The molecule has 0 fully saturated rings. The van der Waals surface area contributed by atoms with Gasteiger partial charge >= 0.3 is 0 Å². The van der Waals surface area contributed by atoms with E-state index < -0.39 is 19.5 Å². The second-order valence-corrected chi connectivity index (χ2v) is 7.48. The van der Waals surface area contributed by atoms with E-state index in [0.29, 0.717) is 11.5 Å². The molecule has 3 nitrogen and oxygen atoms in total. The number of phenols is 2. The highest BCUT2D eigenvalue weighted by atomic mass is 28.3. The lowest BCUT2D eigenvalue weighted by Crippen LogP contribution is -2.25. The van der Waals surface area contributed by atoms with Crippen molar-refractivity contribution in [2.75, 3.05) is 0 Å². The van der Waals surface area contributed by atoms with Crippen LogP contribution in [0.5, 0.6) is 11.5 Å². The largest absolute Gasteiger partial charge is 0.508 e. The third-order valence-electron chi connectivity index (χ3n) is 2.50. The minimum absolute atomic E-state index is 0.311. The van der Waals surface area contributed by atoms with Gasteiger partial charge in [-0.1, -0.05) is 36.4 Å². The monoisotopic (exact) mass is 262 g/mol. The van der Waals surface area contributed by atoms with Crippen molar-refractivity contribution in [3.05, 3.63) is 48.5 Å². The average molecular weight is 262 g/mol. The van der Waals surface area contributed by atoms with Crippen LogP contribution in [0.3, 0.4) is 0 Å². The zero-order valence-electron chi connectivity index (χ0n) is 9.34. The van der Waals surface area contributed by atoms with E-state index in [0.717, 1.165) is 10.4 Å². The third-order valence-corrected chi connectivity index (χ3v) is 5.95. The van der Waals surface area contributed by atoms with Crippen LogP contribution in [-0.2, 0) is 4.12 Å². The Morgan fingerprint density at radius 1 is 0.706 bits per heavy atom. The second-order valence-electron chi connectivity index (χ2n) is 3.75. The fourth-order valence-corrected chi connectivity index (χ4v) is 4.70. The molecule has 5 heteroatoms. The van der Waals surface area contributed by atoms with E-state index in [1.165, 1.54) is 0 Å². The summed E-state index contributed by atoms with van der Waals surface area (Å²) in [7, 11) is -1.80. The molecule has 0 aliphatic carbocycles. The minimum Gasteiger partial charge on any atom is -0.508 e. The SMILES string of the molecule is Oc1ccccc1[SiH2]O[SiH2]c1ccccc1O. The first-order valence-corrected chi connectivity index (χ1v) is 7.96. The summed E-state index contributed by atoms with van der Waals surface area (Å²) in [4.78, 5) is 0. The Morgan fingerprint density at radius 3 is 1.53 bits per heavy atom. The summed E-state index contributed by atoms with van der Waals surface area (Å²) in [6.07, 6.45) is 0. The van der Waals surface area contributed by atoms with Gasteiger partial charge in [-0.3, -0.25) is 0 Å². The topological polar surface area (TPSA) is 49.7 Å². The molecule has 0 aromatic heterocycles. The van der Waals surface area contributed by atoms with Gasteiger partial charge in [0, 0.05) is 10.4 Å². The van der Waals surface area contributed by atoms with Crippen molar-refractivity contribution in [3.63, 3.8) is 0 Å². The van der Waals surface area contributed by atoms with E-state index in [1.807, 2.05) is 24.3 Å². The lowest BCUT2D eigenvalue weighted by Gasteiger charge is -2.06. The number of aromatic hydroxyl groups is 2. The molecule has 0 spiro atoms. The van der Waals surface area contributed by atoms with Crippen LogP contribution in [0.15, 0.2) is 48.5 Å². The molecule has 0 amide bonds. The number of benzene rings is 2. The number of hydrogen-bond acceptors (Lipinski definition) is 3. The molecule has 0 heterocycles. The molecule has 0 saturated carbocycles. The first kappa shape index (κ1) is 11.9. The highest BCUT2D eigenvalue weighted by Gasteiger charge is 2.03. The van der Waals surface area contributed by atoms with Crippen LogP contribution in [0, 0.1) is 0 Å². The number of rotatable bonds is 4. The Labute approximate surface area is 105 Å². The molecule has 0 aliphatic heterocycles. The van der Waals surface area contributed by atoms with Gasteiger partial charge in [0.1, 0.15) is 11.5 Å². The minimum atomic E-state index is -0.900. The molecule has 0 aliphatic rings. The molecule has 0 radical (unpaired) electrons. The highest BCUT2D eigenvalue weighted by molar-refractivity contribution is 6.61. The van der Waals surface area contributed by atoms with Crippen molar-refractivity contribution in [2.45, 2.75) is 0 Å². The highest BCUT2D eigenvalue weighted by Crippen LogP contribution is 2.03. The van der Waals surface area contributed by atoms with Crippen LogP contribution < -0.4 is 10.4 Å². The molecule has 0 saturated heterocycles. The Balaban J connectivity index is 1.93. The van der Waals surface area contributed by atoms with E-state index in [-0.39, 0.29) is 0 Å². The number of para-hydroxylation sites is 2. The summed E-state index contributed by atoms with van der Waals surface area (Å²) in [5.74, 6) is 0.621. The smallest absolute Gasteiger partial charge is 0.182 e. The van der Waals surface area contributed by atoms with E-state index in [1.54, 1.807) is 24.3 Å². The quantitative estimate of drug-likeness (QED) is 0.712. The summed E-state index contributed by atoms with van der Waals surface area (Å²) in [5.41, 5.74) is 0. The van der Waals surface area contributed by atoms with Crippen LogP contribution in [0.2, 0.25) is 0 Å². The Morgan fingerprint density at radius 2 is 1.12 bits per heavy atom. The molecule has 0 atom stereocenters. The molecule has 2 aromatic carbocycles. The Hall–Kier alpha value is -1.57. The van der Waals surface area contributed by atoms with Gasteiger partial charge in [-0.25, -0.2) is 0 Å². The lowest BCUT2D eigenvalue weighted by atomic mass is 10.3. The van der Waals surface area contributed by atoms with Crippen LogP contribution >= 0.6 is 0 Å². The molecular weight excluding hydrogens is 248 g/mol. The second kappa shape index (κ2) is 5.67. The summed E-state index contributed by atoms with van der Waals surface area (Å²) < 4.78 is 5.73. The molecule has 0 bridgehead atoms. The van der Waals surface area contributed by atoms with Crippen LogP contribution in [0.25, 0.3) is 0 Å². The van der Waals surface area contributed by atoms with Crippen molar-refractivity contribution in [1.82, 2.24) is 0 Å². The Bertz CT molecular complexity index is 457. The summed E-state index contributed by atoms with van der Waals surface area (Å²) in [6.45, 7) is 0. The van der Waals surface area contributed by atoms with Gasteiger partial charge in [0.2, 0.25) is 0 Å². The van der Waals surface area contributed by atoms with Gasteiger partial charge in [-0.05, 0) is 12.1 Å². The fraction of sp³-hybridized carbons (Fsp3) is 0. The first-order valence-electron chi connectivity index (χ1n) is 5.39. The van der Waals surface area contributed by atoms with Gasteiger partial charge in [0.05, 0.1) is 0 Å². The molecular formula is C12H14O3Si2. The van der Waals surface area contributed by atoms with Gasteiger partial charge in [-0.2, -0.15) is 0 Å². The Kier molecular flexibility index (Phi) is 3.97. The summed E-state index contributed by atoms with van der Waals surface area (Å²) in [6, 6.07) is 14.5. The van der Waals surface area contributed by atoms with Gasteiger partial charge in [0.25, 0.3) is 0 Å². The van der Waals surface area contributed by atoms with Crippen molar-refractivity contribution >= 4 is 29.9 Å². The van der Waals surface area contributed by atoms with Crippen LogP contribution in [-0.4, -0.2) is 29.7 Å². The van der Waals surface area contributed by atoms with Crippen molar-refractivity contribution in [1.29, 1.82) is 0 Å². The maximum Gasteiger partial charge on any atom is 0.182 e. The van der Waals surface area contributed by atoms with E-state index in [9.17, 15) is 10.2 Å². The normalized spacial score (nSPS) is 11.8. The average Bonchev–Trinajstić information content (AvgIpc) is 2.34. The maximum absolute atomic E-state index is 9.58. The molecule has 88 valence electrons. The summed E-state index contributed by atoms with van der Waals surface area (Å²) >= 11 is 0. The van der Waals surface area contributed by atoms with Gasteiger partial charge < -0.3 is 14.3 Å². The van der Waals surface area contributed by atoms with E-state index in [4.69, 9.17) is 4.12 Å². The summed E-state index contributed by atoms with van der Waals surface area (Å²) in [5, 5.41) is 21.0.